The fourth-order valence-corrected chi connectivity index (χ4v) is 2.60. The topological polar surface area (TPSA) is 58.6 Å². The Kier molecular flexibility index (Phi) is 6.66. The molecular weight excluding hydrogens is 373 g/mol. The number of alkyl halides is 3. The summed E-state index contributed by atoms with van der Waals surface area (Å²) >= 11 is 0. The van der Waals surface area contributed by atoms with Gasteiger partial charge in [-0.1, -0.05) is 18.2 Å². The molecule has 0 radical (unpaired) electrons. The van der Waals surface area contributed by atoms with E-state index in [0.29, 0.717) is 5.75 Å². The number of rotatable bonds is 6. The van der Waals surface area contributed by atoms with Crippen molar-refractivity contribution in [2.24, 2.45) is 0 Å². The number of benzene rings is 2. The third-order valence-corrected chi connectivity index (χ3v) is 3.87. The number of hydrogen-bond donors (Lipinski definition) is 1. The Morgan fingerprint density at radius 3 is 2.29 bits per heavy atom. The van der Waals surface area contributed by atoms with Crippen LogP contribution in [0.2, 0.25) is 0 Å². The second-order valence-corrected chi connectivity index (χ2v) is 6.45. The number of nitrogens with zero attached hydrogens (tertiary/aromatic N) is 1. The van der Waals surface area contributed by atoms with E-state index in [0.717, 1.165) is 28.2 Å². The summed E-state index contributed by atoms with van der Waals surface area (Å²) in [7, 11) is 1.38. The molecule has 28 heavy (non-hydrogen) atoms. The largest absolute Gasteiger partial charge is 0.484 e. The zero-order chi connectivity index (χ0) is 20.9. The Morgan fingerprint density at radius 2 is 1.68 bits per heavy atom. The summed E-state index contributed by atoms with van der Waals surface area (Å²) in [6, 6.07) is 10.2. The van der Waals surface area contributed by atoms with Crippen LogP contribution in [-0.4, -0.2) is 36.9 Å². The van der Waals surface area contributed by atoms with Crippen molar-refractivity contribution in [3.63, 3.8) is 0 Å². The molecule has 150 valence electrons. The Hall–Kier alpha value is -3.03. The smallest absolute Gasteiger partial charge is 0.418 e. The van der Waals surface area contributed by atoms with Gasteiger partial charge in [0.1, 0.15) is 5.75 Å². The van der Waals surface area contributed by atoms with Crippen molar-refractivity contribution in [3.05, 3.63) is 59.2 Å². The molecule has 2 amide bonds. The average molecular weight is 394 g/mol. The van der Waals surface area contributed by atoms with Crippen LogP contribution in [0.15, 0.2) is 42.5 Å². The van der Waals surface area contributed by atoms with Crippen molar-refractivity contribution in [2.75, 3.05) is 25.5 Å². The van der Waals surface area contributed by atoms with Crippen LogP contribution in [0.5, 0.6) is 5.75 Å². The highest BCUT2D eigenvalue weighted by molar-refractivity contribution is 5.95. The Balaban J connectivity index is 1.92. The van der Waals surface area contributed by atoms with Gasteiger partial charge in [-0.2, -0.15) is 13.2 Å². The zero-order valence-corrected chi connectivity index (χ0v) is 15.8. The first kappa shape index (κ1) is 21.3. The van der Waals surface area contributed by atoms with Gasteiger partial charge in [0, 0.05) is 7.05 Å². The second kappa shape index (κ2) is 8.77. The number of hydrogen-bond acceptors (Lipinski definition) is 3. The van der Waals surface area contributed by atoms with Crippen molar-refractivity contribution in [1.82, 2.24) is 4.90 Å². The highest BCUT2D eigenvalue weighted by Crippen LogP contribution is 2.34. The Labute approximate surface area is 161 Å². The van der Waals surface area contributed by atoms with Crippen molar-refractivity contribution >= 4 is 17.5 Å². The summed E-state index contributed by atoms with van der Waals surface area (Å²) in [5.74, 6) is -0.680. The lowest BCUT2D eigenvalue weighted by atomic mass is 10.1. The maximum atomic E-state index is 13.0. The zero-order valence-electron chi connectivity index (χ0n) is 15.8. The van der Waals surface area contributed by atoms with Gasteiger partial charge in [0.25, 0.3) is 5.91 Å². The van der Waals surface area contributed by atoms with E-state index in [1.807, 2.05) is 19.9 Å². The lowest BCUT2D eigenvalue weighted by molar-refractivity contribution is -0.137. The van der Waals surface area contributed by atoms with Gasteiger partial charge in [-0.15, -0.1) is 0 Å². The number of anilines is 1. The number of halogens is 3. The molecule has 0 aliphatic rings. The highest BCUT2D eigenvalue weighted by Gasteiger charge is 2.33. The molecule has 0 heterocycles. The number of likely N-dealkylation sites (N-methyl/N-ethyl adjacent to an activating group) is 1. The van der Waals surface area contributed by atoms with Crippen LogP contribution in [0.3, 0.4) is 0 Å². The summed E-state index contributed by atoms with van der Waals surface area (Å²) in [6.45, 7) is 3.11. The number of nitrogens with one attached hydrogen (secondary N) is 1. The molecule has 0 aromatic heterocycles. The fourth-order valence-electron chi connectivity index (χ4n) is 2.60. The lowest BCUT2D eigenvalue weighted by Crippen LogP contribution is -2.37. The standard InChI is InChI=1S/C20H21F3N2O3/c1-13-8-14(2)10-15(9-13)28-12-19(27)25(3)11-18(26)24-17-7-5-4-6-16(17)20(21,22)23/h4-10H,11-12H2,1-3H3,(H,24,26). The molecule has 5 nitrogen and oxygen atoms in total. The molecule has 2 rings (SSSR count). The Bertz CT molecular complexity index is 846. The number of carbonyl (C=O) groups excluding carboxylic acids is 2. The third-order valence-electron chi connectivity index (χ3n) is 3.87. The normalized spacial score (nSPS) is 11.1. The molecule has 0 spiro atoms. The molecule has 0 aliphatic carbocycles. The summed E-state index contributed by atoms with van der Waals surface area (Å²) in [5.41, 5.74) is 0.667. The second-order valence-electron chi connectivity index (χ2n) is 6.45. The van der Waals surface area contributed by atoms with Crippen molar-refractivity contribution in [2.45, 2.75) is 20.0 Å². The van der Waals surface area contributed by atoms with Gasteiger partial charge in [-0.05, 0) is 49.2 Å². The maximum Gasteiger partial charge on any atom is 0.418 e. The number of aryl methyl sites for hydroxylation is 2. The number of ether oxygens (including phenoxy) is 1. The molecule has 0 aliphatic heterocycles. The van der Waals surface area contributed by atoms with Crippen LogP contribution in [0, 0.1) is 13.8 Å². The first-order valence-corrected chi connectivity index (χ1v) is 8.47. The average Bonchev–Trinajstić information content (AvgIpc) is 2.58. The van der Waals surface area contributed by atoms with Crippen molar-refractivity contribution in [1.29, 1.82) is 0 Å². The minimum Gasteiger partial charge on any atom is -0.484 e. The van der Waals surface area contributed by atoms with E-state index in [1.165, 1.54) is 19.2 Å². The number of para-hydroxylation sites is 1. The van der Waals surface area contributed by atoms with Gasteiger partial charge >= 0.3 is 6.18 Å². The number of carbonyl (C=O) groups is 2. The summed E-state index contributed by atoms with van der Waals surface area (Å²) in [6.07, 6.45) is -4.59. The van der Waals surface area contributed by atoms with Gasteiger partial charge in [0.15, 0.2) is 6.61 Å². The molecule has 0 unspecified atom stereocenters. The van der Waals surface area contributed by atoms with Gasteiger partial charge in [-0.25, -0.2) is 0 Å². The van der Waals surface area contributed by atoms with Crippen molar-refractivity contribution in [3.8, 4) is 5.75 Å². The molecule has 8 heteroatoms. The molecule has 0 saturated carbocycles. The first-order chi connectivity index (χ1) is 13.1. The SMILES string of the molecule is Cc1cc(C)cc(OCC(=O)N(C)CC(=O)Nc2ccccc2C(F)(F)F)c1. The lowest BCUT2D eigenvalue weighted by Gasteiger charge is -2.18. The molecule has 0 atom stereocenters. The molecule has 1 N–H and O–H groups in total. The van der Waals surface area contributed by atoms with E-state index in [4.69, 9.17) is 4.74 Å². The molecular formula is C20H21F3N2O3. The van der Waals surface area contributed by atoms with Gasteiger partial charge in [-0.3, -0.25) is 9.59 Å². The van der Waals surface area contributed by atoms with E-state index in [2.05, 4.69) is 5.32 Å². The van der Waals surface area contributed by atoms with Crippen LogP contribution < -0.4 is 10.1 Å². The summed E-state index contributed by atoms with van der Waals surface area (Å²) in [5, 5.41) is 2.20. The fraction of sp³-hybridized carbons (Fsp3) is 0.300. The predicted octanol–water partition coefficient (Wildman–Crippen LogP) is 3.80. The van der Waals surface area contributed by atoms with Crippen LogP contribution >= 0.6 is 0 Å². The highest BCUT2D eigenvalue weighted by atomic mass is 19.4. The minimum atomic E-state index is -4.59. The molecule has 0 fully saturated rings. The summed E-state index contributed by atoms with van der Waals surface area (Å²) in [4.78, 5) is 25.3. The van der Waals surface area contributed by atoms with Gasteiger partial charge in [0.05, 0.1) is 17.8 Å². The van der Waals surface area contributed by atoms with Crippen LogP contribution in [0.25, 0.3) is 0 Å². The summed E-state index contributed by atoms with van der Waals surface area (Å²) < 4.78 is 44.4. The van der Waals surface area contributed by atoms with Crippen LogP contribution in [-0.2, 0) is 15.8 Å². The van der Waals surface area contributed by atoms with Crippen molar-refractivity contribution < 1.29 is 27.5 Å². The van der Waals surface area contributed by atoms with E-state index >= 15 is 0 Å². The third kappa shape index (κ3) is 6.00. The van der Waals surface area contributed by atoms with E-state index in [1.54, 1.807) is 12.1 Å². The quantitative estimate of drug-likeness (QED) is 0.811. The van der Waals surface area contributed by atoms with E-state index < -0.39 is 30.1 Å². The van der Waals surface area contributed by atoms with Gasteiger partial charge in [0.2, 0.25) is 5.91 Å². The van der Waals surface area contributed by atoms with E-state index in [9.17, 15) is 22.8 Å². The van der Waals surface area contributed by atoms with E-state index in [-0.39, 0.29) is 12.3 Å². The number of amides is 2. The minimum absolute atomic E-state index is 0.286. The molecule has 2 aromatic rings. The Morgan fingerprint density at radius 1 is 1.07 bits per heavy atom. The van der Waals surface area contributed by atoms with Crippen LogP contribution in [0.4, 0.5) is 18.9 Å². The molecule has 0 bridgehead atoms. The van der Waals surface area contributed by atoms with Crippen LogP contribution in [0.1, 0.15) is 16.7 Å². The monoisotopic (exact) mass is 394 g/mol. The first-order valence-electron chi connectivity index (χ1n) is 8.47. The maximum absolute atomic E-state index is 13.0. The van der Waals surface area contributed by atoms with Gasteiger partial charge < -0.3 is 15.0 Å². The molecule has 2 aromatic carbocycles. The predicted molar refractivity (Wildman–Crippen MR) is 99.1 cm³/mol. The molecule has 0 saturated heterocycles.